The Kier molecular flexibility index (Phi) is 6.37. The predicted molar refractivity (Wildman–Crippen MR) is 101 cm³/mol. The number of aliphatic hydroxyl groups is 1. The van der Waals surface area contributed by atoms with Gasteiger partial charge in [-0.3, -0.25) is 14.3 Å². The number of fused-ring (bicyclic) bond motifs is 1. The number of nitrogens with two attached hydrogens (primary N) is 1. The van der Waals surface area contributed by atoms with Crippen LogP contribution in [0.3, 0.4) is 0 Å². The lowest BCUT2D eigenvalue weighted by Gasteiger charge is -2.28. The number of unbranched alkanes of at least 4 members (excludes halogenated alkanes) is 2. The van der Waals surface area contributed by atoms with Gasteiger partial charge >= 0.3 is 0 Å². The maximum atomic E-state index is 12.8. The molecule has 0 aliphatic rings. The molecule has 0 unspecified atom stereocenters. The molecule has 0 aliphatic heterocycles. The Morgan fingerprint density at radius 1 is 1.23 bits per heavy atom. The zero-order valence-corrected chi connectivity index (χ0v) is 15.7. The molecule has 7 nitrogen and oxygen atoms in total. The Bertz CT molecular complexity index is 777. The van der Waals surface area contributed by atoms with Gasteiger partial charge in [0.15, 0.2) is 5.69 Å². The normalized spacial score (nSPS) is 12.9. The number of aromatic nitrogens is 2. The van der Waals surface area contributed by atoms with Crippen LogP contribution in [-0.2, 0) is 11.3 Å². The van der Waals surface area contributed by atoms with Crippen molar-refractivity contribution in [3.8, 4) is 0 Å². The Morgan fingerprint density at radius 2 is 1.92 bits per heavy atom. The van der Waals surface area contributed by atoms with Crippen molar-refractivity contribution >= 4 is 22.7 Å². The van der Waals surface area contributed by atoms with Crippen molar-refractivity contribution in [2.45, 2.75) is 52.6 Å². The van der Waals surface area contributed by atoms with Crippen molar-refractivity contribution in [3.05, 3.63) is 30.0 Å². The van der Waals surface area contributed by atoms with Gasteiger partial charge in [-0.1, -0.05) is 39.0 Å². The monoisotopic (exact) mass is 360 g/mol. The molecule has 0 saturated heterocycles. The molecule has 142 valence electrons. The lowest BCUT2D eigenvalue weighted by molar-refractivity contribution is -0.122. The molecule has 4 N–H and O–H groups in total. The number of nitrogens with one attached hydrogen (secondary N) is 1. The minimum Gasteiger partial charge on any atom is -0.396 e. The van der Waals surface area contributed by atoms with Gasteiger partial charge in [0.1, 0.15) is 6.04 Å². The van der Waals surface area contributed by atoms with Gasteiger partial charge < -0.3 is 16.2 Å². The largest absolute Gasteiger partial charge is 0.396 e. The van der Waals surface area contributed by atoms with Crippen molar-refractivity contribution in [2.24, 2.45) is 11.1 Å². The predicted octanol–water partition coefficient (Wildman–Crippen LogP) is 1.83. The summed E-state index contributed by atoms with van der Waals surface area (Å²) >= 11 is 0. The van der Waals surface area contributed by atoms with Crippen LogP contribution in [0.5, 0.6) is 0 Å². The molecule has 1 aromatic carbocycles. The summed E-state index contributed by atoms with van der Waals surface area (Å²) in [6.07, 6.45) is 2.50. The lowest BCUT2D eigenvalue weighted by atomic mass is 9.86. The summed E-state index contributed by atoms with van der Waals surface area (Å²) in [7, 11) is 0. The molecule has 1 heterocycles. The van der Waals surface area contributed by atoms with Crippen molar-refractivity contribution in [3.63, 3.8) is 0 Å². The van der Waals surface area contributed by atoms with Crippen LogP contribution < -0.4 is 11.1 Å². The van der Waals surface area contributed by atoms with Gasteiger partial charge in [0, 0.05) is 18.5 Å². The molecule has 0 spiro atoms. The molecule has 0 saturated carbocycles. The van der Waals surface area contributed by atoms with Crippen LogP contribution in [0.2, 0.25) is 0 Å². The Hall–Kier alpha value is -2.41. The first-order chi connectivity index (χ1) is 12.3. The van der Waals surface area contributed by atoms with E-state index in [9.17, 15) is 9.59 Å². The lowest BCUT2D eigenvalue weighted by Crippen LogP contribution is -2.52. The molecule has 2 amide bonds. The highest BCUT2D eigenvalue weighted by Crippen LogP contribution is 2.22. The van der Waals surface area contributed by atoms with Crippen LogP contribution in [0.4, 0.5) is 0 Å². The molecule has 0 aliphatic carbocycles. The zero-order chi connectivity index (χ0) is 19.3. The average molecular weight is 360 g/mol. The number of benzene rings is 1. The fourth-order valence-corrected chi connectivity index (χ4v) is 2.93. The first kappa shape index (κ1) is 19.9. The van der Waals surface area contributed by atoms with E-state index in [4.69, 9.17) is 10.8 Å². The van der Waals surface area contributed by atoms with Crippen LogP contribution in [-0.4, -0.2) is 39.4 Å². The number of aliphatic hydroxyl groups excluding tert-OH is 1. The van der Waals surface area contributed by atoms with Gasteiger partial charge in [0.05, 0.1) is 5.52 Å². The van der Waals surface area contributed by atoms with E-state index in [0.717, 1.165) is 30.2 Å². The molecule has 2 aromatic rings. The van der Waals surface area contributed by atoms with E-state index in [-0.39, 0.29) is 6.61 Å². The number of hydrogen-bond donors (Lipinski definition) is 3. The zero-order valence-electron chi connectivity index (χ0n) is 15.7. The van der Waals surface area contributed by atoms with E-state index in [0.29, 0.717) is 12.2 Å². The minimum absolute atomic E-state index is 0.175. The summed E-state index contributed by atoms with van der Waals surface area (Å²) in [6.45, 7) is 6.38. The topological polar surface area (TPSA) is 110 Å². The molecule has 26 heavy (non-hydrogen) atoms. The van der Waals surface area contributed by atoms with Crippen LogP contribution in [0.1, 0.15) is 50.5 Å². The second-order valence-electron chi connectivity index (χ2n) is 7.55. The fraction of sp³-hybridized carbons (Fsp3) is 0.526. The number of amides is 2. The number of aryl methyl sites for hydroxylation is 1. The number of primary amides is 1. The molecule has 0 radical (unpaired) electrons. The van der Waals surface area contributed by atoms with Gasteiger partial charge in [-0.2, -0.15) is 5.10 Å². The van der Waals surface area contributed by atoms with Gasteiger partial charge in [-0.25, -0.2) is 0 Å². The SMILES string of the molecule is CC(C)(C)[C@@H](NC(=O)c1nn(CCCCCO)c2ccccc12)C(N)=O. The summed E-state index contributed by atoms with van der Waals surface area (Å²) in [6, 6.07) is 6.73. The molecular weight excluding hydrogens is 332 g/mol. The van der Waals surface area contributed by atoms with E-state index in [1.165, 1.54) is 0 Å². The second kappa shape index (κ2) is 8.31. The fourth-order valence-electron chi connectivity index (χ4n) is 2.93. The first-order valence-electron chi connectivity index (χ1n) is 8.92. The van der Waals surface area contributed by atoms with Crippen LogP contribution in [0.25, 0.3) is 10.9 Å². The van der Waals surface area contributed by atoms with E-state index in [1.807, 2.05) is 45.0 Å². The summed E-state index contributed by atoms with van der Waals surface area (Å²) in [4.78, 5) is 24.5. The summed E-state index contributed by atoms with van der Waals surface area (Å²) in [5.41, 5.74) is 6.12. The van der Waals surface area contributed by atoms with Gasteiger partial charge in [0.2, 0.25) is 5.91 Å². The number of hydrogen-bond acceptors (Lipinski definition) is 4. The van der Waals surface area contributed by atoms with Gasteiger partial charge in [-0.05, 0) is 30.7 Å². The molecule has 1 atom stereocenters. The Morgan fingerprint density at radius 3 is 2.54 bits per heavy atom. The molecule has 0 fully saturated rings. The highest BCUT2D eigenvalue weighted by atomic mass is 16.3. The van der Waals surface area contributed by atoms with Gasteiger partial charge in [0.25, 0.3) is 5.91 Å². The van der Waals surface area contributed by atoms with Crippen molar-refractivity contribution in [2.75, 3.05) is 6.61 Å². The number of nitrogens with zero attached hydrogens (tertiary/aromatic N) is 2. The van der Waals surface area contributed by atoms with Crippen LogP contribution >= 0.6 is 0 Å². The smallest absolute Gasteiger partial charge is 0.273 e. The van der Waals surface area contributed by atoms with Crippen LogP contribution in [0, 0.1) is 5.41 Å². The van der Waals surface area contributed by atoms with Crippen molar-refractivity contribution in [1.29, 1.82) is 0 Å². The summed E-state index contributed by atoms with van der Waals surface area (Å²) < 4.78 is 1.80. The maximum Gasteiger partial charge on any atom is 0.273 e. The van der Waals surface area contributed by atoms with Crippen molar-refractivity contribution < 1.29 is 14.7 Å². The van der Waals surface area contributed by atoms with E-state index in [1.54, 1.807) is 4.68 Å². The third kappa shape index (κ3) is 4.60. The van der Waals surface area contributed by atoms with E-state index in [2.05, 4.69) is 10.4 Å². The highest BCUT2D eigenvalue weighted by Gasteiger charge is 2.32. The highest BCUT2D eigenvalue weighted by molar-refractivity contribution is 6.06. The minimum atomic E-state index is -0.788. The standard InChI is InChI=1S/C19H28N4O3/c1-19(2,3)16(17(20)25)21-18(26)15-13-9-5-6-10-14(13)23(22-15)11-7-4-8-12-24/h5-6,9-10,16,24H,4,7-8,11-12H2,1-3H3,(H2,20,25)(H,21,26)/t16-/m0/s1. The third-order valence-electron chi connectivity index (χ3n) is 4.33. The maximum absolute atomic E-state index is 12.8. The molecule has 7 heteroatoms. The van der Waals surface area contributed by atoms with Crippen molar-refractivity contribution in [1.82, 2.24) is 15.1 Å². The Labute approximate surface area is 153 Å². The quantitative estimate of drug-likeness (QED) is 0.624. The van der Waals surface area contributed by atoms with Crippen LogP contribution in [0.15, 0.2) is 24.3 Å². The summed E-state index contributed by atoms with van der Waals surface area (Å²) in [5.74, 6) is -0.979. The number of carbonyl (C=O) groups is 2. The Balaban J connectivity index is 2.28. The van der Waals surface area contributed by atoms with E-state index >= 15 is 0 Å². The molecule has 1 aromatic heterocycles. The number of rotatable bonds is 8. The number of carbonyl (C=O) groups excluding carboxylic acids is 2. The molecular formula is C19H28N4O3. The van der Waals surface area contributed by atoms with Gasteiger partial charge in [-0.15, -0.1) is 0 Å². The second-order valence-corrected chi connectivity index (χ2v) is 7.55. The summed E-state index contributed by atoms with van der Waals surface area (Å²) in [5, 5.41) is 16.8. The average Bonchev–Trinajstić information content (AvgIpc) is 2.94. The third-order valence-corrected chi connectivity index (χ3v) is 4.33. The number of para-hydroxylation sites is 1. The molecule has 0 bridgehead atoms. The molecule has 2 rings (SSSR count). The first-order valence-corrected chi connectivity index (χ1v) is 8.92. The van der Waals surface area contributed by atoms with E-state index < -0.39 is 23.3 Å².